The smallest absolute Gasteiger partial charge is 0.340 e. The minimum atomic E-state index is -1.50. The van der Waals surface area contributed by atoms with Gasteiger partial charge in [0.25, 0.3) is 0 Å². The lowest BCUT2D eigenvalue weighted by Crippen LogP contribution is -2.58. The van der Waals surface area contributed by atoms with Crippen molar-refractivity contribution in [1.29, 1.82) is 0 Å². The summed E-state index contributed by atoms with van der Waals surface area (Å²) in [5.74, 6) is -3.02. The van der Waals surface area contributed by atoms with Crippen LogP contribution in [0.25, 0.3) is 0 Å². The molecule has 0 radical (unpaired) electrons. The van der Waals surface area contributed by atoms with E-state index in [-0.39, 0.29) is 28.9 Å². The van der Waals surface area contributed by atoms with Gasteiger partial charge in [-0.05, 0) is 48.5 Å². The van der Waals surface area contributed by atoms with Crippen molar-refractivity contribution in [1.82, 2.24) is 0 Å². The van der Waals surface area contributed by atoms with Crippen LogP contribution in [0.3, 0.4) is 0 Å². The third-order valence-corrected chi connectivity index (χ3v) is 6.39. The zero-order valence-electron chi connectivity index (χ0n) is 22.2. The summed E-state index contributed by atoms with van der Waals surface area (Å²) < 4.78 is 28.7. The summed E-state index contributed by atoms with van der Waals surface area (Å²) in [4.78, 5) is 52.4. The topological polar surface area (TPSA) is 114 Å². The molecule has 0 amide bonds. The number of hydrogen-bond acceptors (Lipinski definition) is 9. The van der Waals surface area contributed by atoms with Crippen LogP contribution in [-0.2, 0) is 23.7 Å². The standard InChI is InChI=1S/C33H26O9/c34-29(22-13-5-1-6-14-22)39-26-21-38-33(42-32(37)25-19-11-4-12-20-25)28(41-31(36)24-17-9-3-10-18-24)27(26)40-30(35)23-15-7-2-8-16-23/h1-20,26-28,33H,21H2/t26?,27?,28-,33-/m0/s1. The van der Waals surface area contributed by atoms with Gasteiger partial charge in [-0.2, -0.15) is 0 Å². The molecule has 4 aromatic rings. The molecule has 2 unspecified atom stereocenters. The quantitative estimate of drug-likeness (QED) is 0.218. The molecule has 4 aromatic carbocycles. The van der Waals surface area contributed by atoms with Crippen LogP contribution in [0.2, 0.25) is 0 Å². The van der Waals surface area contributed by atoms with Gasteiger partial charge in [0.05, 0.1) is 28.9 Å². The van der Waals surface area contributed by atoms with Gasteiger partial charge in [-0.15, -0.1) is 0 Å². The van der Waals surface area contributed by atoms with Crippen molar-refractivity contribution in [3.8, 4) is 0 Å². The highest BCUT2D eigenvalue weighted by molar-refractivity contribution is 5.91. The van der Waals surface area contributed by atoms with Crippen LogP contribution in [0.5, 0.6) is 0 Å². The van der Waals surface area contributed by atoms with Crippen molar-refractivity contribution >= 4 is 23.9 Å². The van der Waals surface area contributed by atoms with Gasteiger partial charge in [-0.25, -0.2) is 19.2 Å². The minimum absolute atomic E-state index is 0.196. The highest BCUT2D eigenvalue weighted by atomic mass is 16.7. The normalized spacial score (nSPS) is 19.6. The Bertz CT molecular complexity index is 1390. The first-order valence-electron chi connectivity index (χ1n) is 13.2. The third kappa shape index (κ3) is 6.89. The van der Waals surface area contributed by atoms with Gasteiger partial charge in [-0.3, -0.25) is 0 Å². The highest BCUT2D eigenvalue weighted by Gasteiger charge is 2.50. The molecular weight excluding hydrogens is 540 g/mol. The zero-order valence-corrected chi connectivity index (χ0v) is 22.2. The Balaban J connectivity index is 1.48. The molecule has 0 spiro atoms. The van der Waals surface area contributed by atoms with E-state index >= 15 is 0 Å². The number of benzene rings is 4. The Morgan fingerprint density at radius 2 is 0.786 bits per heavy atom. The van der Waals surface area contributed by atoms with Gasteiger partial charge in [0.1, 0.15) is 0 Å². The summed E-state index contributed by atoms with van der Waals surface area (Å²) in [5.41, 5.74) is 0.885. The first-order chi connectivity index (χ1) is 20.5. The van der Waals surface area contributed by atoms with Crippen molar-refractivity contribution in [2.75, 3.05) is 6.61 Å². The zero-order chi connectivity index (χ0) is 29.3. The molecule has 0 saturated carbocycles. The largest absolute Gasteiger partial charge is 0.452 e. The molecular formula is C33H26O9. The SMILES string of the molecule is O=C(OC1CO[C@@H](OC(=O)c2ccccc2)[C@@H](OC(=O)c2ccccc2)C1OC(=O)c1ccccc1)c1ccccc1. The summed E-state index contributed by atoms with van der Waals surface area (Å²) in [7, 11) is 0. The second kappa shape index (κ2) is 13.4. The molecule has 1 aliphatic heterocycles. The van der Waals surface area contributed by atoms with Crippen LogP contribution in [0.1, 0.15) is 41.4 Å². The van der Waals surface area contributed by atoms with E-state index in [1.54, 1.807) is 109 Å². The molecule has 4 atom stereocenters. The van der Waals surface area contributed by atoms with Crippen molar-refractivity contribution in [2.24, 2.45) is 0 Å². The predicted molar refractivity (Wildman–Crippen MR) is 149 cm³/mol. The molecule has 0 N–H and O–H groups in total. The van der Waals surface area contributed by atoms with E-state index in [1.807, 2.05) is 0 Å². The molecule has 212 valence electrons. The first kappa shape index (κ1) is 28.3. The lowest BCUT2D eigenvalue weighted by molar-refractivity contribution is -0.250. The Labute approximate surface area is 241 Å². The maximum atomic E-state index is 13.2. The van der Waals surface area contributed by atoms with Gasteiger partial charge in [0.15, 0.2) is 12.2 Å². The minimum Gasteiger partial charge on any atom is -0.452 e. The summed E-state index contributed by atoms with van der Waals surface area (Å²) in [6.07, 6.45) is -5.61. The molecule has 1 saturated heterocycles. The fourth-order valence-electron chi connectivity index (χ4n) is 4.27. The van der Waals surface area contributed by atoms with Crippen LogP contribution < -0.4 is 0 Å². The number of ether oxygens (including phenoxy) is 5. The second-order valence-electron chi connectivity index (χ2n) is 9.25. The number of hydrogen-bond donors (Lipinski definition) is 0. The molecule has 42 heavy (non-hydrogen) atoms. The van der Waals surface area contributed by atoms with Gasteiger partial charge in [-0.1, -0.05) is 72.8 Å². The molecule has 9 heteroatoms. The molecule has 1 heterocycles. The van der Waals surface area contributed by atoms with E-state index in [0.29, 0.717) is 0 Å². The van der Waals surface area contributed by atoms with Gasteiger partial charge < -0.3 is 23.7 Å². The Morgan fingerprint density at radius 1 is 0.452 bits per heavy atom. The molecule has 1 fully saturated rings. The predicted octanol–water partition coefficient (Wildman–Crippen LogP) is 4.88. The Kier molecular flexibility index (Phi) is 9.00. The van der Waals surface area contributed by atoms with Gasteiger partial charge >= 0.3 is 23.9 Å². The van der Waals surface area contributed by atoms with E-state index in [4.69, 9.17) is 23.7 Å². The summed E-state index contributed by atoms with van der Waals surface area (Å²) in [5, 5.41) is 0. The van der Waals surface area contributed by atoms with E-state index in [2.05, 4.69) is 0 Å². The first-order valence-corrected chi connectivity index (χ1v) is 13.2. The maximum absolute atomic E-state index is 13.2. The van der Waals surface area contributed by atoms with Crippen LogP contribution in [0, 0.1) is 0 Å². The van der Waals surface area contributed by atoms with Crippen molar-refractivity contribution < 1.29 is 42.9 Å². The molecule has 0 aromatic heterocycles. The second-order valence-corrected chi connectivity index (χ2v) is 9.25. The highest BCUT2D eigenvalue weighted by Crippen LogP contribution is 2.28. The number of rotatable bonds is 8. The van der Waals surface area contributed by atoms with Crippen molar-refractivity contribution in [3.05, 3.63) is 144 Å². The maximum Gasteiger partial charge on any atom is 0.340 e. The molecule has 9 nitrogen and oxygen atoms in total. The number of esters is 4. The Morgan fingerprint density at radius 3 is 1.19 bits per heavy atom. The molecule has 5 rings (SSSR count). The van der Waals surface area contributed by atoms with E-state index in [0.717, 1.165) is 0 Å². The van der Waals surface area contributed by atoms with Gasteiger partial charge in [0.2, 0.25) is 12.4 Å². The summed E-state index contributed by atoms with van der Waals surface area (Å²) >= 11 is 0. The van der Waals surface area contributed by atoms with Crippen LogP contribution in [0.4, 0.5) is 0 Å². The summed E-state index contributed by atoms with van der Waals surface area (Å²) in [6, 6.07) is 32.6. The van der Waals surface area contributed by atoms with E-state index < -0.39 is 48.5 Å². The molecule has 1 aliphatic rings. The van der Waals surface area contributed by atoms with Crippen molar-refractivity contribution in [3.63, 3.8) is 0 Å². The number of carbonyl (C=O) groups excluding carboxylic acids is 4. The average molecular weight is 567 g/mol. The Hall–Kier alpha value is -5.28. The lowest BCUT2D eigenvalue weighted by atomic mass is 10.0. The van der Waals surface area contributed by atoms with Crippen LogP contribution in [-0.4, -0.2) is 55.1 Å². The van der Waals surface area contributed by atoms with Crippen LogP contribution >= 0.6 is 0 Å². The van der Waals surface area contributed by atoms with Crippen molar-refractivity contribution in [2.45, 2.75) is 24.6 Å². The fourth-order valence-corrected chi connectivity index (χ4v) is 4.27. The monoisotopic (exact) mass is 566 g/mol. The van der Waals surface area contributed by atoms with E-state index in [9.17, 15) is 19.2 Å². The molecule has 0 bridgehead atoms. The molecule has 0 aliphatic carbocycles. The average Bonchev–Trinajstić information content (AvgIpc) is 3.05. The lowest BCUT2D eigenvalue weighted by Gasteiger charge is -2.40. The summed E-state index contributed by atoms with van der Waals surface area (Å²) in [6.45, 7) is -0.322. The van der Waals surface area contributed by atoms with Gasteiger partial charge in [0, 0.05) is 0 Å². The van der Waals surface area contributed by atoms with E-state index in [1.165, 1.54) is 12.1 Å². The fraction of sp³-hybridized carbons (Fsp3) is 0.152. The van der Waals surface area contributed by atoms with Crippen LogP contribution in [0.15, 0.2) is 121 Å². The number of carbonyl (C=O) groups is 4. The third-order valence-electron chi connectivity index (χ3n) is 6.39.